The molecule has 0 saturated carbocycles. The van der Waals surface area contributed by atoms with Gasteiger partial charge in [-0.3, -0.25) is 0 Å². The number of hydrogen-bond donors (Lipinski definition) is 1. The highest BCUT2D eigenvalue weighted by atomic mass is 16.5. The second kappa shape index (κ2) is 9.21. The van der Waals surface area contributed by atoms with Crippen LogP contribution in [-0.2, 0) is 0 Å². The summed E-state index contributed by atoms with van der Waals surface area (Å²) in [5.74, 6) is 2.07. The molecule has 21 heavy (non-hydrogen) atoms. The van der Waals surface area contributed by atoms with Gasteiger partial charge in [-0.2, -0.15) is 0 Å². The van der Waals surface area contributed by atoms with E-state index in [1.165, 1.54) is 19.3 Å². The van der Waals surface area contributed by atoms with Crippen molar-refractivity contribution in [2.75, 3.05) is 33.7 Å². The third-order valence-corrected chi connectivity index (χ3v) is 3.34. The SMILES string of the molecule is CCCCCCCOc1c(OC)cc(OC)c(N)c1OC. The summed E-state index contributed by atoms with van der Waals surface area (Å²) in [5.41, 5.74) is 6.43. The summed E-state index contributed by atoms with van der Waals surface area (Å²) in [6, 6.07) is 1.71. The Morgan fingerprint density at radius 3 is 2.10 bits per heavy atom. The maximum absolute atomic E-state index is 6.01. The highest BCUT2D eigenvalue weighted by Gasteiger charge is 2.19. The highest BCUT2D eigenvalue weighted by Crippen LogP contribution is 2.47. The first-order chi connectivity index (χ1) is 10.2. The Labute approximate surface area is 127 Å². The third-order valence-electron chi connectivity index (χ3n) is 3.34. The van der Waals surface area contributed by atoms with Crippen LogP contribution in [0.4, 0.5) is 5.69 Å². The molecule has 0 aromatic heterocycles. The molecule has 0 aliphatic rings. The summed E-state index contributed by atoms with van der Waals surface area (Å²) in [6.45, 7) is 2.81. The van der Waals surface area contributed by atoms with E-state index in [1.807, 2.05) is 0 Å². The van der Waals surface area contributed by atoms with E-state index in [9.17, 15) is 0 Å². The Hall–Kier alpha value is -1.78. The minimum atomic E-state index is 0.418. The summed E-state index contributed by atoms with van der Waals surface area (Å²) in [5, 5.41) is 0. The van der Waals surface area contributed by atoms with Crippen molar-refractivity contribution < 1.29 is 18.9 Å². The largest absolute Gasteiger partial charge is 0.494 e. The van der Waals surface area contributed by atoms with Gasteiger partial charge >= 0.3 is 0 Å². The minimum absolute atomic E-state index is 0.418. The lowest BCUT2D eigenvalue weighted by Crippen LogP contribution is -2.05. The molecule has 2 N–H and O–H groups in total. The number of methoxy groups -OCH3 is 3. The Kier molecular flexibility index (Phi) is 7.58. The highest BCUT2D eigenvalue weighted by molar-refractivity contribution is 5.73. The predicted octanol–water partition coefficient (Wildman–Crippen LogP) is 3.64. The van der Waals surface area contributed by atoms with Crippen LogP contribution < -0.4 is 24.7 Å². The standard InChI is InChI=1S/C16H27NO4/c1-5-6-7-8-9-10-21-15-13(19-3)11-12(18-2)14(17)16(15)20-4/h11H,5-10,17H2,1-4H3. The van der Waals surface area contributed by atoms with Gasteiger partial charge in [-0.15, -0.1) is 0 Å². The van der Waals surface area contributed by atoms with Gasteiger partial charge in [0.1, 0.15) is 11.4 Å². The van der Waals surface area contributed by atoms with Gasteiger partial charge in [0.15, 0.2) is 11.5 Å². The smallest absolute Gasteiger partial charge is 0.206 e. The first-order valence-corrected chi connectivity index (χ1v) is 7.40. The van der Waals surface area contributed by atoms with Crippen molar-refractivity contribution in [1.29, 1.82) is 0 Å². The van der Waals surface area contributed by atoms with Crippen LogP contribution >= 0.6 is 0 Å². The predicted molar refractivity (Wildman–Crippen MR) is 84.8 cm³/mol. The van der Waals surface area contributed by atoms with Crippen molar-refractivity contribution >= 4 is 5.69 Å². The molecule has 1 aromatic rings. The number of unbranched alkanes of at least 4 members (excludes halogenated alkanes) is 4. The topological polar surface area (TPSA) is 62.9 Å². The summed E-state index contributed by atoms with van der Waals surface area (Å²) in [7, 11) is 4.69. The van der Waals surface area contributed by atoms with Crippen LogP contribution in [0.25, 0.3) is 0 Å². The van der Waals surface area contributed by atoms with Crippen LogP contribution in [-0.4, -0.2) is 27.9 Å². The van der Waals surface area contributed by atoms with Gasteiger partial charge in [0, 0.05) is 6.07 Å². The quantitative estimate of drug-likeness (QED) is 0.527. The number of benzene rings is 1. The first kappa shape index (κ1) is 17.3. The van der Waals surface area contributed by atoms with Crippen LogP contribution in [0.5, 0.6) is 23.0 Å². The fraction of sp³-hybridized carbons (Fsp3) is 0.625. The molecule has 0 aliphatic heterocycles. The van der Waals surface area contributed by atoms with Gasteiger partial charge in [0.05, 0.1) is 27.9 Å². The Morgan fingerprint density at radius 2 is 1.52 bits per heavy atom. The molecule has 0 unspecified atom stereocenters. The molecule has 0 aliphatic carbocycles. The fourth-order valence-corrected chi connectivity index (χ4v) is 2.15. The van der Waals surface area contributed by atoms with Gasteiger partial charge in [0.25, 0.3) is 0 Å². The van der Waals surface area contributed by atoms with E-state index in [-0.39, 0.29) is 0 Å². The molecule has 0 atom stereocenters. The molecule has 5 heteroatoms. The average molecular weight is 297 g/mol. The van der Waals surface area contributed by atoms with Gasteiger partial charge in [0.2, 0.25) is 5.75 Å². The van der Waals surface area contributed by atoms with Gasteiger partial charge in [-0.1, -0.05) is 32.6 Å². The molecule has 0 fully saturated rings. The van der Waals surface area contributed by atoms with Crippen molar-refractivity contribution in [2.24, 2.45) is 0 Å². The zero-order chi connectivity index (χ0) is 15.7. The summed E-state index contributed by atoms with van der Waals surface area (Å²) in [4.78, 5) is 0. The number of anilines is 1. The van der Waals surface area contributed by atoms with Crippen LogP contribution in [0.15, 0.2) is 6.07 Å². The number of ether oxygens (including phenoxy) is 4. The van der Waals surface area contributed by atoms with E-state index < -0.39 is 0 Å². The lowest BCUT2D eigenvalue weighted by atomic mass is 10.2. The second-order valence-corrected chi connectivity index (χ2v) is 4.82. The molecule has 0 amide bonds. The summed E-state index contributed by atoms with van der Waals surface area (Å²) >= 11 is 0. The van der Waals surface area contributed by atoms with E-state index >= 15 is 0 Å². The summed E-state index contributed by atoms with van der Waals surface area (Å²) in [6.07, 6.45) is 5.89. The monoisotopic (exact) mass is 297 g/mol. The second-order valence-electron chi connectivity index (χ2n) is 4.82. The minimum Gasteiger partial charge on any atom is -0.494 e. The molecule has 1 rings (SSSR count). The van der Waals surface area contributed by atoms with Crippen LogP contribution in [0.1, 0.15) is 39.0 Å². The molecule has 5 nitrogen and oxygen atoms in total. The molecule has 0 spiro atoms. The van der Waals surface area contributed by atoms with Crippen molar-refractivity contribution in [1.82, 2.24) is 0 Å². The maximum Gasteiger partial charge on any atom is 0.206 e. The van der Waals surface area contributed by atoms with Crippen LogP contribution in [0.3, 0.4) is 0 Å². The van der Waals surface area contributed by atoms with E-state index in [0.29, 0.717) is 35.3 Å². The van der Waals surface area contributed by atoms with Gasteiger partial charge in [-0.05, 0) is 6.42 Å². The van der Waals surface area contributed by atoms with Crippen molar-refractivity contribution in [3.8, 4) is 23.0 Å². The maximum atomic E-state index is 6.01. The molecular weight excluding hydrogens is 270 g/mol. The number of hydrogen-bond acceptors (Lipinski definition) is 5. The lowest BCUT2D eigenvalue weighted by Gasteiger charge is -2.18. The van der Waals surface area contributed by atoms with E-state index in [4.69, 9.17) is 24.7 Å². The zero-order valence-electron chi connectivity index (χ0n) is 13.5. The van der Waals surface area contributed by atoms with Crippen LogP contribution in [0.2, 0.25) is 0 Å². The molecule has 120 valence electrons. The summed E-state index contributed by atoms with van der Waals surface area (Å²) < 4.78 is 21.7. The van der Waals surface area contributed by atoms with E-state index in [2.05, 4.69) is 6.92 Å². The molecule has 0 bridgehead atoms. The fourth-order valence-electron chi connectivity index (χ4n) is 2.15. The van der Waals surface area contributed by atoms with E-state index in [0.717, 1.165) is 12.8 Å². The Balaban J connectivity index is 2.77. The van der Waals surface area contributed by atoms with Crippen LogP contribution in [0, 0.1) is 0 Å². The Morgan fingerprint density at radius 1 is 0.857 bits per heavy atom. The molecular formula is C16H27NO4. The normalized spacial score (nSPS) is 10.3. The zero-order valence-corrected chi connectivity index (χ0v) is 13.5. The average Bonchev–Trinajstić information content (AvgIpc) is 2.51. The molecule has 0 saturated heterocycles. The Bertz CT molecular complexity index is 435. The molecule has 0 heterocycles. The van der Waals surface area contributed by atoms with Crippen molar-refractivity contribution in [3.05, 3.63) is 6.07 Å². The number of nitrogen functional groups attached to an aromatic ring is 1. The first-order valence-electron chi connectivity index (χ1n) is 7.40. The van der Waals surface area contributed by atoms with Gasteiger partial charge < -0.3 is 24.7 Å². The van der Waals surface area contributed by atoms with E-state index in [1.54, 1.807) is 27.4 Å². The number of rotatable bonds is 10. The lowest BCUT2D eigenvalue weighted by molar-refractivity contribution is 0.266. The van der Waals surface area contributed by atoms with Gasteiger partial charge in [-0.25, -0.2) is 0 Å². The molecule has 0 radical (unpaired) electrons. The molecule has 1 aromatic carbocycles. The van der Waals surface area contributed by atoms with Crippen molar-refractivity contribution in [2.45, 2.75) is 39.0 Å². The number of nitrogens with two attached hydrogens (primary N) is 1. The third kappa shape index (κ3) is 4.62. The van der Waals surface area contributed by atoms with Crippen molar-refractivity contribution in [3.63, 3.8) is 0 Å².